The van der Waals surface area contributed by atoms with Gasteiger partial charge in [0.1, 0.15) is 0 Å². The maximum absolute atomic E-state index is 12.3. The zero-order valence-electron chi connectivity index (χ0n) is 13.3. The lowest BCUT2D eigenvalue weighted by atomic mass is 10.1. The first kappa shape index (κ1) is 16.7. The standard InChI is InChI=1S/C18H16N2O2S2/c1-11(21)13-7-9-14(10-8-13)19-17(22)12(2)23-18-20-15-5-3-4-6-16(15)24-18/h3-10,12H,1-2H3,(H,19,22)/t12-/m1/s1. The summed E-state index contributed by atoms with van der Waals surface area (Å²) in [5, 5.41) is 2.60. The van der Waals surface area contributed by atoms with Gasteiger partial charge in [0.25, 0.3) is 0 Å². The minimum Gasteiger partial charge on any atom is -0.325 e. The van der Waals surface area contributed by atoms with Crippen molar-refractivity contribution in [1.82, 2.24) is 4.98 Å². The van der Waals surface area contributed by atoms with Gasteiger partial charge in [0.2, 0.25) is 5.91 Å². The second-order valence-electron chi connectivity index (χ2n) is 5.33. The molecule has 24 heavy (non-hydrogen) atoms. The fourth-order valence-corrected chi connectivity index (χ4v) is 4.35. The van der Waals surface area contributed by atoms with E-state index in [9.17, 15) is 9.59 Å². The van der Waals surface area contributed by atoms with Crippen LogP contribution in [0.15, 0.2) is 52.9 Å². The summed E-state index contributed by atoms with van der Waals surface area (Å²) in [5.41, 5.74) is 2.27. The van der Waals surface area contributed by atoms with E-state index in [4.69, 9.17) is 0 Å². The molecule has 4 nitrogen and oxygen atoms in total. The van der Waals surface area contributed by atoms with Gasteiger partial charge in [0.05, 0.1) is 15.5 Å². The van der Waals surface area contributed by atoms with Crippen molar-refractivity contribution < 1.29 is 9.59 Å². The van der Waals surface area contributed by atoms with Crippen LogP contribution in [0.2, 0.25) is 0 Å². The summed E-state index contributed by atoms with van der Waals surface area (Å²) in [5.74, 6) is -0.0810. The Morgan fingerprint density at radius 1 is 1.12 bits per heavy atom. The van der Waals surface area contributed by atoms with Gasteiger partial charge in [-0.3, -0.25) is 9.59 Å². The summed E-state index contributed by atoms with van der Waals surface area (Å²) in [4.78, 5) is 28.1. The maximum Gasteiger partial charge on any atom is 0.237 e. The lowest BCUT2D eigenvalue weighted by Crippen LogP contribution is -2.22. The van der Waals surface area contributed by atoms with Gasteiger partial charge in [-0.05, 0) is 50.2 Å². The smallest absolute Gasteiger partial charge is 0.237 e. The van der Waals surface area contributed by atoms with Gasteiger partial charge in [0.15, 0.2) is 10.1 Å². The van der Waals surface area contributed by atoms with Crippen molar-refractivity contribution in [2.24, 2.45) is 0 Å². The fraction of sp³-hybridized carbons (Fsp3) is 0.167. The number of hydrogen-bond donors (Lipinski definition) is 1. The summed E-state index contributed by atoms with van der Waals surface area (Å²) < 4.78 is 2.00. The third kappa shape index (κ3) is 3.83. The quantitative estimate of drug-likeness (QED) is 0.535. The van der Waals surface area contributed by atoms with Crippen LogP contribution in [0.25, 0.3) is 10.2 Å². The summed E-state index contributed by atoms with van der Waals surface area (Å²) in [6.07, 6.45) is 0. The molecule has 0 radical (unpaired) electrons. The molecular formula is C18H16N2O2S2. The van der Waals surface area contributed by atoms with E-state index < -0.39 is 0 Å². The molecule has 1 N–H and O–H groups in total. The van der Waals surface area contributed by atoms with Gasteiger partial charge in [-0.1, -0.05) is 23.9 Å². The average Bonchev–Trinajstić information content (AvgIpc) is 2.97. The third-order valence-corrected chi connectivity index (χ3v) is 5.71. The number of rotatable bonds is 5. The van der Waals surface area contributed by atoms with Crippen LogP contribution in [-0.4, -0.2) is 21.9 Å². The average molecular weight is 356 g/mol. The Hall–Kier alpha value is -2.18. The fourth-order valence-electron chi connectivity index (χ4n) is 2.14. The number of hydrogen-bond acceptors (Lipinski definition) is 5. The maximum atomic E-state index is 12.3. The number of thioether (sulfide) groups is 1. The molecule has 1 amide bonds. The van der Waals surface area contributed by atoms with E-state index in [-0.39, 0.29) is 16.9 Å². The van der Waals surface area contributed by atoms with Gasteiger partial charge in [-0.2, -0.15) is 0 Å². The summed E-state index contributed by atoms with van der Waals surface area (Å²) in [7, 11) is 0. The van der Waals surface area contributed by atoms with E-state index in [2.05, 4.69) is 10.3 Å². The van der Waals surface area contributed by atoms with Gasteiger partial charge in [-0.15, -0.1) is 11.3 Å². The summed E-state index contributed by atoms with van der Waals surface area (Å²) in [6.45, 7) is 3.38. The van der Waals surface area contributed by atoms with Gasteiger partial charge in [-0.25, -0.2) is 4.98 Å². The van der Waals surface area contributed by atoms with Crippen LogP contribution >= 0.6 is 23.1 Å². The molecule has 122 valence electrons. The SMILES string of the molecule is CC(=O)c1ccc(NC(=O)[C@@H](C)Sc2nc3ccccc3s2)cc1. The van der Waals surface area contributed by atoms with E-state index in [0.717, 1.165) is 14.6 Å². The Balaban J connectivity index is 1.64. The van der Waals surface area contributed by atoms with Crippen LogP contribution in [0.1, 0.15) is 24.2 Å². The number of amides is 1. The number of thiazole rings is 1. The molecule has 3 aromatic rings. The predicted octanol–water partition coefficient (Wildman–Crippen LogP) is 4.62. The number of para-hydroxylation sites is 1. The lowest BCUT2D eigenvalue weighted by molar-refractivity contribution is -0.115. The van der Waals surface area contributed by atoms with Crippen molar-refractivity contribution >= 4 is 50.7 Å². The minimum atomic E-state index is -0.266. The number of nitrogens with zero attached hydrogens (tertiary/aromatic N) is 1. The van der Waals surface area contributed by atoms with Crippen molar-refractivity contribution in [2.75, 3.05) is 5.32 Å². The highest BCUT2D eigenvalue weighted by molar-refractivity contribution is 8.02. The number of carbonyl (C=O) groups is 2. The van der Waals surface area contributed by atoms with Gasteiger partial charge >= 0.3 is 0 Å². The van der Waals surface area contributed by atoms with Crippen LogP contribution in [0.4, 0.5) is 5.69 Å². The lowest BCUT2D eigenvalue weighted by Gasteiger charge is -2.10. The zero-order valence-corrected chi connectivity index (χ0v) is 14.9. The van der Waals surface area contributed by atoms with E-state index in [0.29, 0.717) is 11.3 Å². The van der Waals surface area contributed by atoms with E-state index in [1.54, 1.807) is 35.6 Å². The Kier molecular flexibility index (Phi) is 4.97. The second-order valence-corrected chi connectivity index (χ2v) is 7.95. The molecule has 0 aliphatic rings. The normalized spacial score (nSPS) is 12.1. The first-order valence-electron chi connectivity index (χ1n) is 7.47. The van der Waals surface area contributed by atoms with Crippen molar-refractivity contribution in [3.63, 3.8) is 0 Å². The number of nitrogens with one attached hydrogen (secondary N) is 1. The van der Waals surface area contributed by atoms with E-state index in [1.165, 1.54) is 18.7 Å². The van der Waals surface area contributed by atoms with Crippen LogP contribution in [0.3, 0.4) is 0 Å². The second kappa shape index (κ2) is 7.15. The minimum absolute atomic E-state index is 0.00707. The van der Waals surface area contributed by atoms with E-state index >= 15 is 0 Å². The largest absolute Gasteiger partial charge is 0.325 e. The van der Waals surface area contributed by atoms with Crippen molar-refractivity contribution in [3.8, 4) is 0 Å². The molecule has 3 rings (SSSR count). The number of fused-ring (bicyclic) bond motifs is 1. The molecule has 0 spiro atoms. The van der Waals surface area contributed by atoms with Gasteiger partial charge < -0.3 is 5.32 Å². The number of benzene rings is 2. The Morgan fingerprint density at radius 2 is 1.83 bits per heavy atom. The van der Waals surface area contributed by atoms with Crippen LogP contribution in [0, 0.1) is 0 Å². The molecule has 1 heterocycles. The molecular weight excluding hydrogens is 340 g/mol. The molecule has 0 unspecified atom stereocenters. The molecule has 0 saturated heterocycles. The highest BCUT2D eigenvalue weighted by Crippen LogP contribution is 2.32. The molecule has 1 atom stereocenters. The highest BCUT2D eigenvalue weighted by atomic mass is 32.2. The number of ketones is 1. The third-order valence-electron chi connectivity index (χ3n) is 3.48. The first-order valence-corrected chi connectivity index (χ1v) is 9.16. The van der Waals surface area contributed by atoms with Crippen molar-refractivity contribution in [2.45, 2.75) is 23.4 Å². The van der Waals surface area contributed by atoms with Crippen LogP contribution in [-0.2, 0) is 4.79 Å². The molecule has 0 aliphatic carbocycles. The molecule has 0 saturated carbocycles. The molecule has 0 aliphatic heterocycles. The zero-order chi connectivity index (χ0) is 17.1. The first-order chi connectivity index (χ1) is 11.5. The number of aromatic nitrogens is 1. The Bertz CT molecular complexity index is 854. The van der Waals surface area contributed by atoms with Gasteiger partial charge in [0, 0.05) is 11.3 Å². The summed E-state index contributed by atoms with van der Waals surface area (Å²) >= 11 is 3.03. The number of anilines is 1. The molecule has 6 heteroatoms. The van der Waals surface area contributed by atoms with Crippen molar-refractivity contribution in [3.05, 3.63) is 54.1 Å². The monoisotopic (exact) mass is 356 g/mol. The van der Waals surface area contributed by atoms with Crippen LogP contribution in [0.5, 0.6) is 0 Å². The predicted molar refractivity (Wildman–Crippen MR) is 100 cm³/mol. The van der Waals surface area contributed by atoms with Crippen LogP contribution < -0.4 is 5.32 Å². The topological polar surface area (TPSA) is 59.1 Å². The van der Waals surface area contributed by atoms with E-state index in [1.807, 2.05) is 31.2 Å². The Labute approximate surface area is 148 Å². The molecule has 0 fully saturated rings. The molecule has 2 aromatic carbocycles. The highest BCUT2D eigenvalue weighted by Gasteiger charge is 2.17. The van der Waals surface area contributed by atoms with Crippen molar-refractivity contribution in [1.29, 1.82) is 0 Å². The molecule has 0 bridgehead atoms. The molecule has 1 aromatic heterocycles. The summed E-state index contributed by atoms with van der Waals surface area (Å²) in [6, 6.07) is 14.8. The number of Topliss-reactive ketones (excluding diaryl/α,β-unsaturated/α-hetero) is 1. The number of carbonyl (C=O) groups excluding carboxylic acids is 2. The Morgan fingerprint density at radius 3 is 2.50 bits per heavy atom.